The lowest BCUT2D eigenvalue weighted by atomic mass is 9.91. The fourth-order valence-corrected chi connectivity index (χ4v) is 2.00. The van der Waals surface area contributed by atoms with Crippen molar-refractivity contribution < 1.29 is 9.53 Å². The summed E-state index contributed by atoms with van der Waals surface area (Å²) in [4.78, 5) is 11.5. The molecule has 1 fully saturated rings. The zero-order chi connectivity index (χ0) is 12.2. The van der Waals surface area contributed by atoms with E-state index in [0.29, 0.717) is 6.04 Å². The summed E-state index contributed by atoms with van der Waals surface area (Å²) in [6.07, 6.45) is 4.02. The van der Waals surface area contributed by atoms with Crippen LogP contribution in [-0.2, 0) is 4.74 Å². The number of nitrogens with one attached hydrogen (secondary N) is 2. The molecule has 0 atom stereocenters. The Morgan fingerprint density at radius 3 is 2.06 bits per heavy atom. The van der Waals surface area contributed by atoms with Gasteiger partial charge in [-0.2, -0.15) is 0 Å². The molecule has 0 heterocycles. The highest BCUT2D eigenvalue weighted by Crippen LogP contribution is 2.18. The Kier molecular flexibility index (Phi) is 4.59. The number of alkyl carbamates (subject to hydrolysis) is 1. The van der Waals surface area contributed by atoms with Gasteiger partial charge in [0, 0.05) is 12.1 Å². The first kappa shape index (κ1) is 13.3. The van der Waals surface area contributed by atoms with Gasteiger partial charge in [0.25, 0.3) is 0 Å². The number of hydrogen-bond donors (Lipinski definition) is 2. The van der Waals surface area contributed by atoms with Gasteiger partial charge in [-0.25, -0.2) is 4.79 Å². The third-order valence-electron chi connectivity index (χ3n) is 2.86. The quantitative estimate of drug-likeness (QED) is 0.760. The van der Waals surface area contributed by atoms with Crippen LogP contribution in [0.5, 0.6) is 0 Å². The standard InChI is InChI=1S/C12H24N2O2/c1-12(2,3)16-11(15)14-10-7-5-9(13-4)6-8-10/h9-10,13H,5-8H2,1-4H3,(H,14,15). The zero-order valence-electron chi connectivity index (χ0n) is 10.8. The van der Waals surface area contributed by atoms with Gasteiger partial charge in [0.1, 0.15) is 5.60 Å². The molecule has 4 heteroatoms. The third-order valence-corrected chi connectivity index (χ3v) is 2.86. The maximum absolute atomic E-state index is 11.5. The van der Waals surface area contributed by atoms with Gasteiger partial charge >= 0.3 is 6.09 Å². The minimum Gasteiger partial charge on any atom is -0.444 e. The van der Waals surface area contributed by atoms with Crippen LogP contribution in [0.15, 0.2) is 0 Å². The van der Waals surface area contributed by atoms with E-state index in [1.54, 1.807) is 0 Å². The molecule has 94 valence electrons. The molecule has 0 unspecified atom stereocenters. The van der Waals surface area contributed by atoms with Gasteiger partial charge in [-0.05, 0) is 53.5 Å². The molecule has 0 spiro atoms. The van der Waals surface area contributed by atoms with E-state index in [1.807, 2.05) is 27.8 Å². The summed E-state index contributed by atoms with van der Waals surface area (Å²) in [5.41, 5.74) is -0.410. The van der Waals surface area contributed by atoms with Crippen molar-refractivity contribution in [2.24, 2.45) is 0 Å². The van der Waals surface area contributed by atoms with Crippen LogP contribution < -0.4 is 10.6 Å². The topological polar surface area (TPSA) is 50.4 Å². The number of amides is 1. The van der Waals surface area contributed by atoms with Crippen molar-refractivity contribution in [2.45, 2.75) is 64.1 Å². The zero-order valence-corrected chi connectivity index (χ0v) is 10.8. The van der Waals surface area contributed by atoms with E-state index in [4.69, 9.17) is 4.74 Å². The molecule has 0 saturated heterocycles. The van der Waals surface area contributed by atoms with E-state index >= 15 is 0 Å². The highest BCUT2D eigenvalue weighted by Gasteiger charge is 2.23. The average Bonchev–Trinajstić information content (AvgIpc) is 2.16. The largest absolute Gasteiger partial charge is 0.444 e. The molecule has 1 amide bonds. The lowest BCUT2D eigenvalue weighted by molar-refractivity contribution is 0.0490. The first-order valence-corrected chi connectivity index (χ1v) is 6.07. The number of ether oxygens (including phenoxy) is 1. The molecule has 0 aromatic heterocycles. The van der Waals surface area contributed by atoms with Crippen LogP contribution in [0, 0.1) is 0 Å². The molecule has 1 saturated carbocycles. The van der Waals surface area contributed by atoms with E-state index < -0.39 is 5.60 Å². The highest BCUT2D eigenvalue weighted by atomic mass is 16.6. The molecular weight excluding hydrogens is 204 g/mol. The van der Waals surface area contributed by atoms with Gasteiger partial charge < -0.3 is 15.4 Å². The van der Waals surface area contributed by atoms with E-state index in [0.717, 1.165) is 25.7 Å². The Morgan fingerprint density at radius 2 is 1.62 bits per heavy atom. The summed E-state index contributed by atoms with van der Waals surface area (Å²) < 4.78 is 5.23. The summed E-state index contributed by atoms with van der Waals surface area (Å²) in [5.74, 6) is 0. The first-order chi connectivity index (χ1) is 7.40. The summed E-state index contributed by atoms with van der Waals surface area (Å²) in [6.45, 7) is 5.64. The molecule has 1 aliphatic carbocycles. The minimum absolute atomic E-state index is 0.277. The number of hydrogen-bond acceptors (Lipinski definition) is 3. The average molecular weight is 228 g/mol. The fraction of sp³-hybridized carbons (Fsp3) is 0.917. The van der Waals surface area contributed by atoms with E-state index in [2.05, 4.69) is 10.6 Å². The molecular formula is C12H24N2O2. The van der Waals surface area contributed by atoms with Crippen LogP contribution >= 0.6 is 0 Å². The molecule has 1 aliphatic rings. The van der Waals surface area contributed by atoms with Crippen molar-refractivity contribution in [1.82, 2.24) is 10.6 Å². The first-order valence-electron chi connectivity index (χ1n) is 6.07. The molecule has 0 aromatic carbocycles. The SMILES string of the molecule is CNC1CCC(NC(=O)OC(C)(C)C)CC1. The number of carbonyl (C=O) groups is 1. The van der Waals surface area contributed by atoms with E-state index in [-0.39, 0.29) is 12.1 Å². The maximum atomic E-state index is 11.5. The summed E-state index contributed by atoms with van der Waals surface area (Å²) in [7, 11) is 1.99. The molecule has 0 aliphatic heterocycles. The summed E-state index contributed by atoms with van der Waals surface area (Å²) in [6, 6.07) is 0.885. The van der Waals surface area contributed by atoms with Crippen LogP contribution in [0.1, 0.15) is 46.5 Å². The predicted molar refractivity (Wildman–Crippen MR) is 64.5 cm³/mol. The monoisotopic (exact) mass is 228 g/mol. The van der Waals surface area contributed by atoms with Crippen LogP contribution in [0.25, 0.3) is 0 Å². The Balaban J connectivity index is 2.26. The van der Waals surface area contributed by atoms with Crippen LogP contribution in [0.2, 0.25) is 0 Å². The van der Waals surface area contributed by atoms with Crippen LogP contribution in [0.3, 0.4) is 0 Å². The van der Waals surface area contributed by atoms with Gasteiger partial charge in [0.2, 0.25) is 0 Å². The van der Waals surface area contributed by atoms with E-state index in [1.165, 1.54) is 0 Å². The molecule has 0 radical (unpaired) electrons. The summed E-state index contributed by atoms with van der Waals surface area (Å²) in [5, 5.41) is 6.20. The molecule has 4 nitrogen and oxygen atoms in total. The van der Waals surface area contributed by atoms with Gasteiger partial charge in [0.15, 0.2) is 0 Å². The predicted octanol–water partition coefficient (Wildman–Crippen LogP) is 2.04. The Bertz CT molecular complexity index is 228. The number of carbonyl (C=O) groups excluding carboxylic acids is 1. The van der Waals surface area contributed by atoms with E-state index in [9.17, 15) is 4.79 Å². The maximum Gasteiger partial charge on any atom is 0.407 e. The van der Waals surface area contributed by atoms with Gasteiger partial charge in [0.05, 0.1) is 0 Å². The Labute approximate surface area is 98.1 Å². The second-order valence-corrected chi connectivity index (χ2v) is 5.48. The normalized spacial score (nSPS) is 26.2. The van der Waals surface area contributed by atoms with Gasteiger partial charge in [-0.15, -0.1) is 0 Å². The van der Waals surface area contributed by atoms with Crippen molar-refractivity contribution in [1.29, 1.82) is 0 Å². The van der Waals surface area contributed by atoms with Crippen molar-refractivity contribution in [2.75, 3.05) is 7.05 Å². The lowest BCUT2D eigenvalue weighted by Gasteiger charge is -2.29. The molecule has 0 bridgehead atoms. The van der Waals surface area contributed by atoms with Crippen molar-refractivity contribution >= 4 is 6.09 Å². The van der Waals surface area contributed by atoms with Crippen molar-refractivity contribution in [3.63, 3.8) is 0 Å². The second-order valence-electron chi connectivity index (χ2n) is 5.48. The minimum atomic E-state index is -0.410. The summed E-state index contributed by atoms with van der Waals surface area (Å²) >= 11 is 0. The Hall–Kier alpha value is -0.770. The fourth-order valence-electron chi connectivity index (χ4n) is 2.00. The smallest absolute Gasteiger partial charge is 0.407 e. The van der Waals surface area contributed by atoms with Crippen molar-refractivity contribution in [3.05, 3.63) is 0 Å². The molecule has 2 N–H and O–H groups in total. The molecule has 1 rings (SSSR count). The Morgan fingerprint density at radius 1 is 1.12 bits per heavy atom. The van der Waals surface area contributed by atoms with Gasteiger partial charge in [-0.1, -0.05) is 0 Å². The van der Waals surface area contributed by atoms with Crippen LogP contribution in [0.4, 0.5) is 4.79 Å². The van der Waals surface area contributed by atoms with Crippen molar-refractivity contribution in [3.8, 4) is 0 Å². The molecule has 16 heavy (non-hydrogen) atoms. The molecule has 0 aromatic rings. The third kappa shape index (κ3) is 4.84. The highest BCUT2D eigenvalue weighted by molar-refractivity contribution is 5.68. The van der Waals surface area contributed by atoms with Crippen LogP contribution in [-0.4, -0.2) is 30.8 Å². The van der Waals surface area contributed by atoms with Gasteiger partial charge in [-0.3, -0.25) is 0 Å². The number of rotatable bonds is 2. The second kappa shape index (κ2) is 5.53. The lowest BCUT2D eigenvalue weighted by Crippen LogP contribution is -2.43.